The van der Waals surface area contributed by atoms with Crippen LogP contribution >= 0.6 is 11.6 Å². The molecule has 0 aliphatic carbocycles. The van der Waals surface area contributed by atoms with E-state index in [0.29, 0.717) is 76.3 Å². The standard InChI is InChI=1S/C46H63ClN2O12/c1-48(19-14-33-27-37(52-2)38(53-3)28-34(33)36(48)22-31-23-39(54-4)44(58-8)40(24-31)55-5)15-12-21-61-46(51)35(47)29-43(50)60-20-13-18-49(16-10-11-17-49)30-32-25-41(56-6)45(59-9)42(26-32)57-7/h23-29,36H,10-22,30H2,1-9H3/q+2/b35-29-/t36-,48?/m1/s1. The van der Waals surface area contributed by atoms with E-state index in [9.17, 15) is 9.59 Å². The molecule has 2 aliphatic heterocycles. The molecule has 334 valence electrons. The summed E-state index contributed by atoms with van der Waals surface area (Å²) in [4.78, 5) is 25.6. The van der Waals surface area contributed by atoms with Crippen molar-refractivity contribution < 1.29 is 65.9 Å². The molecule has 3 aromatic rings. The molecule has 0 radical (unpaired) electrons. The summed E-state index contributed by atoms with van der Waals surface area (Å²) in [5, 5.41) is -0.330. The predicted molar refractivity (Wildman–Crippen MR) is 231 cm³/mol. The van der Waals surface area contributed by atoms with E-state index in [1.165, 1.54) is 5.56 Å². The summed E-state index contributed by atoms with van der Waals surface area (Å²) >= 11 is 6.27. The van der Waals surface area contributed by atoms with Gasteiger partial charge in [0.2, 0.25) is 11.5 Å². The lowest BCUT2D eigenvalue weighted by Gasteiger charge is -2.46. The van der Waals surface area contributed by atoms with Crippen molar-refractivity contribution in [2.45, 2.75) is 51.1 Å². The second kappa shape index (κ2) is 21.7. The van der Waals surface area contributed by atoms with E-state index < -0.39 is 11.9 Å². The fourth-order valence-electron chi connectivity index (χ4n) is 8.92. The Labute approximate surface area is 365 Å². The number of likely N-dealkylation sites (N-methyl/N-ethyl adjacent to an activating group) is 1. The van der Waals surface area contributed by atoms with E-state index >= 15 is 0 Å². The van der Waals surface area contributed by atoms with Crippen LogP contribution in [-0.4, -0.2) is 131 Å². The van der Waals surface area contributed by atoms with Crippen LogP contribution in [-0.2, 0) is 38.4 Å². The largest absolute Gasteiger partial charge is 0.493 e. The Kier molecular flexibility index (Phi) is 16.7. The minimum Gasteiger partial charge on any atom is -0.493 e. The van der Waals surface area contributed by atoms with Gasteiger partial charge in [-0.05, 0) is 47.5 Å². The van der Waals surface area contributed by atoms with Gasteiger partial charge in [-0.25, -0.2) is 9.59 Å². The van der Waals surface area contributed by atoms with E-state index in [1.54, 1.807) is 56.9 Å². The Bertz CT molecular complexity index is 1970. The molecule has 0 bridgehead atoms. The average molecular weight is 871 g/mol. The van der Waals surface area contributed by atoms with E-state index in [1.807, 2.05) is 24.3 Å². The highest BCUT2D eigenvalue weighted by Gasteiger charge is 2.40. The van der Waals surface area contributed by atoms with Crippen LogP contribution in [0.5, 0.6) is 46.0 Å². The van der Waals surface area contributed by atoms with Crippen molar-refractivity contribution in [2.75, 3.05) is 110 Å². The molecule has 14 nitrogen and oxygen atoms in total. The lowest BCUT2D eigenvalue weighted by atomic mass is 9.86. The Balaban J connectivity index is 1.17. The van der Waals surface area contributed by atoms with Crippen molar-refractivity contribution in [1.29, 1.82) is 0 Å². The third-order valence-electron chi connectivity index (χ3n) is 12.1. The minimum absolute atomic E-state index is 0.00265. The van der Waals surface area contributed by atoms with Crippen molar-refractivity contribution in [3.8, 4) is 46.0 Å². The highest BCUT2D eigenvalue weighted by atomic mass is 35.5. The van der Waals surface area contributed by atoms with Gasteiger partial charge in [-0.15, -0.1) is 0 Å². The number of hydrogen-bond donors (Lipinski definition) is 0. The zero-order valence-corrected chi connectivity index (χ0v) is 37.9. The maximum Gasteiger partial charge on any atom is 0.350 e. The van der Waals surface area contributed by atoms with Crippen LogP contribution in [0.2, 0.25) is 0 Å². The number of esters is 2. The molecule has 15 heteroatoms. The van der Waals surface area contributed by atoms with Gasteiger partial charge in [0.25, 0.3) is 0 Å². The van der Waals surface area contributed by atoms with Gasteiger partial charge in [-0.3, -0.25) is 0 Å². The molecule has 0 spiro atoms. The van der Waals surface area contributed by atoms with Crippen molar-refractivity contribution in [3.63, 3.8) is 0 Å². The van der Waals surface area contributed by atoms with Gasteiger partial charge in [0, 0.05) is 55.7 Å². The molecule has 1 fully saturated rings. The molecule has 0 aromatic heterocycles. The van der Waals surface area contributed by atoms with Crippen LogP contribution in [0.4, 0.5) is 0 Å². The number of carbonyl (C=O) groups is 2. The number of methoxy groups -OCH3 is 8. The van der Waals surface area contributed by atoms with Crippen molar-refractivity contribution in [3.05, 3.63) is 69.8 Å². The second-order valence-electron chi connectivity index (χ2n) is 15.8. The summed E-state index contributed by atoms with van der Waals surface area (Å²) in [6.45, 7) is 5.48. The maximum atomic E-state index is 12.9. The normalized spacial score (nSPS) is 18.1. The fourth-order valence-corrected chi connectivity index (χ4v) is 9.07. The van der Waals surface area contributed by atoms with Crippen molar-refractivity contribution in [1.82, 2.24) is 0 Å². The summed E-state index contributed by atoms with van der Waals surface area (Å²) in [7, 11) is 15.1. The van der Waals surface area contributed by atoms with Crippen LogP contribution in [0.15, 0.2) is 47.5 Å². The smallest absolute Gasteiger partial charge is 0.350 e. The molecule has 61 heavy (non-hydrogen) atoms. The average Bonchev–Trinajstić information content (AvgIpc) is 3.74. The van der Waals surface area contributed by atoms with Crippen molar-refractivity contribution >= 4 is 23.5 Å². The highest BCUT2D eigenvalue weighted by Crippen LogP contribution is 2.45. The predicted octanol–water partition coefficient (Wildman–Crippen LogP) is 6.84. The molecular formula is C46H63ClN2O12+2. The van der Waals surface area contributed by atoms with Gasteiger partial charge in [0.05, 0.1) is 110 Å². The molecule has 0 N–H and O–H groups in total. The Morgan fingerprint density at radius 2 is 1.15 bits per heavy atom. The molecule has 0 amide bonds. The Morgan fingerprint density at radius 1 is 0.639 bits per heavy atom. The van der Waals surface area contributed by atoms with E-state index in [0.717, 1.165) is 79.2 Å². The third-order valence-corrected chi connectivity index (χ3v) is 12.3. The summed E-state index contributed by atoms with van der Waals surface area (Å²) in [6.07, 6.45) is 5.91. The first-order valence-corrected chi connectivity index (χ1v) is 21.0. The Hall–Kier alpha value is -5.05. The summed E-state index contributed by atoms with van der Waals surface area (Å²) < 4.78 is 57.5. The van der Waals surface area contributed by atoms with Gasteiger partial charge in [-0.1, -0.05) is 11.6 Å². The molecule has 5 rings (SSSR count). The number of rotatable bonds is 22. The van der Waals surface area contributed by atoms with Crippen LogP contribution < -0.4 is 37.9 Å². The number of carbonyl (C=O) groups excluding carboxylic acids is 2. The number of fused-ring (bicyclic) bond motifs is 1. The molecule has 2 atom stereocenters. The minimum atomic E-state index is -0.775. The maximum absolute atomic E-state index is 12.9. The summed E-state index contributed by atoms with van der Waals surface area (Å²) in [5.74, 6) is 3.37. The molecule has 2 heterocycles. The lowest BCUT2D eigenvalue weighted by Crippen LogP contribution is -2.52. The monoisotopic (exact) mass is 870 g/mol. The SMILES string of the molecule is COc1cc2c(cc1OC)[C@@H](Cc1cc(OC)c(OC)c(OC)c1)[N+](C)(CCCOC(=O)/C(Cl)=C/C(=O)OCCC[N+]1(Cc3cc(OC)c(OC)c(OC)c3)CCCC1)CC2. The number of benzene rings is 3. The number of ether oxygens (including phenoxy) is 10. The first kappa shape index (κ1) is 47.0. The topological polar surface area (TPSA) is 126 Å². The van der Waals surface area contributed by atoms with Gasteiger partial charge in [0.15, 0.2) is 34.5 Å². The number of hydrogen-bond acceptors (Lipinski definition) is 12. The van der Waals surface area contributed by atoms with Crippen LogP contribution in [0.25, 0.3) is 0 Å². The van der Waals surface area contributed by atoms with Crippen molar-refractivity contribution in [2.24, 2.45) is 0 Å². The van der Waals surface area contributed by atoms with Gasteiger partial charge < -0.3 is 56.3 Å². The van der Waals surface area contributed by atoms with Crippen LogP contribution in [0, 0.1) is 0 Å². The number of quaternary nitrogens is 2. The molecular weight excluding hydrogens is 808 g/mol. The molecule has 3 aromatic carbocycles. The van der Waals surface area contributed by atoms with E-state index in [2.05, 4.69) is 19.2 Å². The number of nitrogens with zero attached hydrogens (tertiary/aromatic N) is 2. The number of likely N-dealkylation sites (tertiary alicyclic amines) is 1. The first-order chi connectivity index (χ1) is 29.4. The second-order valence-corrected chi connectivity index (χ2v) is 16.2. The lowest BCUT2D eigenvalue weighted by molar-refractivity contribution is -0.941. The highest BCUT2D eigenvalue weighted by molar-refractivity contribution is 6.42. The van der Waals surface area contributed by atoms with E-state index in [4.69, 9.17) is 59.0 Å². The molecule has 1 unspecified atom stereocenters. The first-order valence-electron chi connectivity index (χ1n) is 20.6. The van der Waals surface area contributed by atoms with Gasteiger partial charge in [-0.2, -0.15) is 0 Å². The summed E-state index contributed by atoms with van der Waals surface area (Å²) in [6, 6.07) is 12.1. The summed E-state index contributed by atoms with van der Waals surface area (Å²) in [5.41, 5.74) is 4.43. The third kappa shape index (κ3) is 11.3. The van der Waals surface area contributed by atoms with Gasteiger partial charge in [0.1, 0.15) is 17.6 Å². The van der Waals surface area contributed by atoms with Gasteiger partial charge >= 0.3 is 11.9 Å². The zero-order chi connectivity index (χ0) is 44.2. The van der Waals surface area contributed by atoms with Crippen LogP contribution in [0.1, 0.15) is 54.0 Å². The van der Waals surface area contributed by atoms with E-state index in [-0.39, 0.29) is 24.3 Å². The number of halogens is 1. The van der Waals surface area contributed by atoms with Crippen LogP contribution in [0.3, 0.4) is 0 Å². The molecule has 2 aliphatic rings. The molecule has 1 saturated heterocycles. The quantitative estimate of drug-likeness (QED) is 0.0454. The molecule has 0 saturated carbocycles. The zero-order valence-electron chi connectivity index (χ0n) is 37.2. The Morgan fingerprint density at radius 3 is 1.69 bits per heavy atom. The fraction of sp³-hybridized carbons (Fsp3) is 0.522.